The molecule has 29 heavy (non-hydrogen) atoms. The minimum absolute atomic E-state index is 0.0959. The number of carbonyl (C=O) groups excluding carboxylic acids is 1. The van der Waals surface area contributed by atoms with Crippen molar-refractivity contribution in [1.82, 2.24) is 10.2 Å². The zero-order valence-corrected chi connectivity index (χ0v) is 18.3. The Morgan fingerprint density at radius 1 is 1.10 bits per heavy atom. The number of hydrogen-bond acceptors (Lipinski definition) is 3. The smallest absolute Gasteiger partial charge is 0.159 e. The molecule has 0 radical (unpaired) electrons. The number of carbonyl (C=O) groups is 1. The fraction of sp³-hybridized carbons (Fsp3) is 0.440. The molecule has 0 bridgehead atoms. The van der Waals surface area contributed by atoms with Gasteiger partial charge in [0.05, 0.1) is 5.52 Å². The minimum Gasteiger partial charge on any atom is -0.508 e. The molecule has 3 aromatic rings. The van der Waals surface area contributed by atoms with Crippen LogP contribution in [-0.2, 0) is 6.42 Å². The number of nitrogens with one attached hydrogen (secondary N) is 1. The van der Waals surface area contributed by atoms with Crippen LogP contribution < -0.4 is 0 Å². The van der Waals surface area contributed by atoms with E-state index in [-0.39, 0.29) is 5.78 Å². The number of unbranched alkanes of at least 4 members (excludes halogenated alkanes) is 1. The van der Waals surface area contributed by atoms with Gasteiger partial charge in [-0.2, -0.15) is 5.10 Å². The second kappa shape index (κ2) is 10.8. The number of nitrogens with zero attached hydrogens (tertiary/aromatic N) is 1. The summed E-state index contributed by atoms with van der Waals surface area (Å²) >= 11 is 0. The van der Waals surface area contributed by atoms with E-state index >= 15 is 0 Å². The standard InChI is InChI=1S/C13H16N2O.C12H18O/c1-8(2)6-13-11-7-10(9(3)16)4-5-12(11)14-15-13;1-3-4-5-10(2)11-6-8-12(13)9-7-11/h4-5,7-8H,6H2,1-3H3,(H,14,15);6-10,13H,3-5H2,1-2H3. The average molecular weight is 395 g/mol. The number of aromatic nitrogens is 2. The molecule has 156 valence electrons. The van der Waals surface area contributed by atoms with Crippen LogP contribution in [0.3, 0.4) is 0 Å². The third-order valence-electron chi connectivity index (χ3n) is 5.10. The van der Waals surface area contributed by atoms with Crippen LogP contribution in [0.15, 0.2) is 42.5 Å². The zero-order valence-electron chi connectivity index (χ0n) is 18.3. The topological polar surface area (TPSA) is 66.0 Å². The second-order valence-corrected chi connectivity index (χ2v) is 8.22. The monoisotopic (exact) mass is 394 g/mol. The molecule has 0 aliphatic carbocycles. The molecule has 0 saturated heterocycles. The summed E-state index contributed by atoms with van der Waals surface area (Å²) < 4.78 is 0. The number of ketones is 1. The van der Waals surface area contributed by atoms with Crippen molar-refractivity contribution in [2.45, 2.75) is 66.2 Å². The average Bonchev–Trinajstić information content (AvgIpc) is 3.08. The molecule has 2 aromatic carbocycles. The van der Waals surface area contributed by atoms with Crippen LogP contribution in [0.2, 0.25) is 0 Å². The minimum atomic E-state index is 0.0959. The Hall–Kier alpha value is -2.62. The molecule has 1 heterocycles. The highest BCUT2D eigenvalue weighted by Gasteiger charge is 2.09. The van der Waals surface area contributed by atoms with E-state index in [1.165, 1.54) is 24.8 Å². The first kappa shape index (κ1) is 22.7. The van der Waals surface area contributed by atoms with Gasteiger partial charge in [-0.15, -0.1) is 0 Å². The molecule has 0 aliphatic rings. The van der Waals surface area contributed by atoms with Gasteiger partial charge >= 0.3 is 0 Å². The van der Waals surface area contributed by atoms with Gasteiger partial charge in [0.1, 0.15) is 5.75 Å². The van der Waals surface area contributed by atoms with E-state index in [0.29, 0.717) is 17.6 Å². The number of aromatic amines is 1. The zero-order chi connectivity index (χ0) is 21.4. The fourth-order valence-corrected chi connectivity index (χ4v) is 3.33. The first-order valence-electron chi connectivity index (χ1n) is 10.6. The SMILES string of the molecule is CC(=O)c1ccc2n[nH]c(CC(C)C)c2c1.CCCCC(C)c1ccc(O)cc1. The summed E-state index contributed by atoms with van der Waals surface area (Å²) in [7, 11) is 0. The van der Waals surface area contributed by atoms with E-state index in [1.807, 2.05) is 30.3 Å². The lowest BCUT2D eigenvalue weighted by Gasteiger charge is -2.10. The first-order valence-corrected chi connectivity index (χ1v) is 10.6. The normalized spacial score (nSPS) is 11.9. The van der Waals surface area contributed by atoms with E-state index in [1.54, 1.807) is 19.1 Å². The van der Waals surface area contributed by atoms with Crippen molar-refractivity contribution < 1.29 is 9.90 Å². The predicted molar refractivity (Wildman–Crippen MR) is 121 cm³/mol. The van der Waals surface area contributed by atoms with Crippen LogP contribution >= 0.6 is 0 Å². The maximum atomic E-state index is 11.3. The van der Waals surface area contributed by atoms with Gasteiger partial charge in [-0.3, -0.25) is 9.89 Å². The molecule has 1 unspecified atom stereocenters. The van der Waals surface area contributed by atoms with Gasteiger partial charge < -0.3 is 5.11 Å². The lowest BCUT2D eigenvalue weighted by atomic mass is 9.96. The van der Waals surface area contributed by atoms with Gasteiger partial charge in [-0.05, 0) is 67.5 Å². The number of hydrogen-bond donors (Lipinski definition) is 2. The van der Waals surface area contributed by atoms with Crippen molar-refractivity contribution in [2.24, 2.45) is 5.92 Å². The highest BCUT2D eigenvalue weighted by Crippen LogP contribution is 2.23. The van der Waals surface area contributed by atoms with Crippen molar-refractivity contribution in [1.29, 1.82) is 0 Å². The van der Waals surface area contributed by atoms with Crippen molar-refractivity contribution in [3.05, 3.63) is 59.3 Å². The number of phenols is 1. The highest BCUT2D eigenvalue weighted by atomic mass is 16.3. The number of fused-ring (bicyclic) bond motifs is 1. The lowest BCUT2D eigenvalue weighted by Crippen LogP contribution is -1.96. The molecule has 4 nitrogen and oxygen atoms in total. The van der Waals surface area contributed by atoms with E-state index in [9.17, 15) is 4.79 Å². The Morgan fingerprint density at radius 3 is 2.38 bits per heavy atom. The summed E-state index contributed by atoms with van der Waals surface area (Å²) in [5.74, 6) is 1.63. The Labute approximate surface area is 174 Å². The van der Waals surface area contributed by atoms with Gasteiger partial charge in [0, 0.05) is 16.6 Å². The molecule has 1 aromatic heterocycles. The van der Waals surface area contributed by atoms with Gasteiger partial charge in [-0.25, -0.2) is 0 Å². The van der Waals surface area contributed by atoms with Gasteiger partial charge in [0.2, 0.25) is 0 Å². The Kier molecular flexibility index (Phi) is 8.44. The molecule has 0 saturated carbocycles. The van der Waals surface area contributed by atoms with Gasteiger partial charge in [0.25, 0.3) is 0 Å². The summed E-state index contributed by atoms with van der Waals surface area (Å²) in [5.41, 5.74) is 4.12. The predicted octanol–water partition coefficient (Wildman–Crippen LogP) is 6.65. The number of phenolic OH excluding ortho intramolecular Hbond substituents is 1. The van der Waals surface area contributed by atoms with Crippen LogP contribution in [-0.4, -0.2) is 21.1 Å². The van der Waals surface area contributed by atoms with Gasteiger partial charge in [0.15, 0.2) is 5.78 Å². The number of benzene rings is 2. The summed E-state index contributed by atoms with van der Waals surface area (Å²) in [6.07, 6.45) is 4.73. The van der Waals surface area contributed by atoms with Crippen molar-refractivity contribution in [3.63, 3.8) is 0 Å². The maximum Gasteiger partial charge on any atom is 0.159 e. The van der Waals surface area contributed by atoms with Crippen LogP contribution in [0.5, 0.6) is 5.75 Å². The Morgan fingerprint density at radius 2 is 1.79 bits per heavy atom. The third-order valence-corrected chi connectivity index (χ3v) is 5.10. The van der Waals surface area contributed by atoms with Crippen LogP contribution in [0.4, 0.5) is 0 Å². The molecular formula is C25H34N2O2. The molecule has 0 spiro atoms. The Bertz CT molecular complexity index is 910. The summed E-state index contributed by atoms with van der Waals surface area (Å²) in [5, 5.41) is 17.5. The molecule has 1 atom stereocenters. The van der Waals surface area contributed by atoms with Gasteiger partial charge in [-0.1, -0.05) is 52.7 Å². The number of aromatic hydroxyl groups is 1. The van der Waals surface area contributed by atoms with Crippen molar-refractivity contribution >= 4 is 16.7 Å². The number of rotatable bonds is 7. The highest BCUT2D eigenvalue weighted by molar-refractivity contribution is 5.98. The maximum absolute atomic E-state index is 11.3. The molecule has 0 aliphatic heterocycles. The van der Waals surface area contributed by atoms with Crippen molar-refractivity contribution in [2.75, 3.05) is 0 Å². The third kappa shape index (κ3) is 6.74. The van der Waals surface area contributed by atoms with Crippen LogP contribution in [0.1, 0.15) is 81.4 Å². The molecule has 0 fully saturated rings. The quantitative estimate of drug-likeness (QED) is 0.441. The van der Waals surface area contributed by atoms with Crippen LogP contribution in [0.25, 0.3) is 10.9 Å². The first-order chi connectivity index (χ1) is 13.8. The molecule has 4 heteroatoms. The van der Waals surface area contributed by atoms with E-state index in [2.05, 4.69) is 37.9 Å². The van der Waals surface area contributed by atoms with E-state index in [0.717, 1.165) is 28.6 Å². The van der Waals surface area contributed by atoms with Crippen LogP contribution in [0, 0.1) is 5.92 Å². The molecule has 3 rings (SSSR count). The summed E-state index contributed by atoms with van der Waals surface area (Å²) in [6, 6.07) is 13.2. The lowest BCUT2D eigenvalue weighted by molar-refractivity contribution is 0.101. The summed E-state index contributed by atoms with van der Waals surface area (Å²) in [6.45, 7) is 10.4. The Balaban J connectivity index is 0.000000212. The van der Waals surface area contributed by atoms with Crippen molar-refractivity contribution in [3.8, 4) is 5.75 Å². The molecular weight excluding hydrogens is 360 g/mol. The van der Waals surface area contributed by atoms with E-state index < -0.39 is 0 Å². The molecule has 0 amide bonds. The summed E-state index contributed by atoms with van der Waals surface area (Å²) in [4.78, 5) is 11.3. The molecule has 2 N–H and O–H groups in total. The largest absolute Gasteiger partial charge is 0.508 e. The number of Topliss-reactive ketones (excluding diaryl/α,β-unsaturated/α-hetero) is 1. The van der Waals surface area contributed by atoms with E-state index in [4.69, 9.17) is 5.11 Å². The second-order valence-electron chi connectivity index (χ2n) is 8.22. The number of H-pyrrole nitrogens is 1. The fourth-order valence-electron chi connectivity index (χ4n) is 3.33.